The average molecular weight is 1910 g/mol. The van der Waals surface area contributed by atoms with Gasteiger partial charge in [0, 0.05) is 0 Å². The molecule has 0 atom stereocenters. The number of rotatable bonds is 12. The number of hydrogen-bond acceptors (Lipinski definition) is 0. The molecule has 0 aromatic heterocycles. The Morgan fingerprint density at radius 2 is 0.547 bits per heavy atom. The Bertz CT molecular complexity index is 6000. The second-order valence-corrected chi connectivity index (χ2v) is 43.3. The Kier molecular flexibility index (Phi) is 36.3. The minimum absolute atomic E-state index is 0. The van der Waals surface area contributed by atoms with E-state index in [0.29, 0.717) is 0 Å². The van der Waals surface area contributed by atoms with Gasteiger partial charge in [0.1, 0.15) is 0 Å². The zero-order chi connectivity index (χ0) is 88.1. The summed E-state index contributed by atoms with van der Waals surface area (Å²) in [6, 6.07) is 117. The second kappa shape index (κ2) is 45.2. The summed E-state index contributed by atoms with van der Waals surface area (Å²) >= 11 is 3.10. The standard InChI is InChI=1S/C41H37.C41H49.2C15H14.2C5H5.4ClH.2Zr/c1-40(2,3)38-24-34-28(22-36(38)32-19-11-15-26-13-7-9-17-30(26)32)21-29-23-37(39(25-35(29)34)41(4,5)6)33-20-12-16-27-14-8-10-18-31(27)33;1-38(2,3)30-17-13-26(14-18-30)34-22-28-21-29-23-35(27-15-19-31(20-16-27)39(4,5)6)37(41(10,11)12)25-33(29)32(28)24-36(34)40(7,8)9;2*1-3-8-14(9-4-1)12-7-13-15-10-5-2-6-11-15;2*1-2-4-5-3-1;;;;;;/h7-25H,1-6H3;13-25H,1-12H3;2*1-6,8-11H,12-13H2;2*1-3H,4H2;4*1H;;/q2*-1;;;2*-1;;;;;;+2/p-4. The van der Waals surface area contributed by atoms with E-state index < -0.39 is 0 Å². The molecule has 0 amide bonds. The van der Waals surface area contributed by atoms with Crippen LogP contribution in [0.2, 0.25) is 0 Å². The fourth-order valence-corrected chi connectivity index (χ4v) is 19.0. The third-order valence-corrected chi connectivity index (χ3v) is 25.4. The van der Waals surface area contributed by atoms with E-state index in [1.54, 1.807) is 54.9 Å². The molecular formula is C122H124Cl4Zr2-6. The summed E-state index contributed by atoms with van der Waals surface area (Å²) in [4.78, 5) is 0. The molecule has 0 bridgehead atoms. The van der Waals surface area contributed by atoms with E-state index in [4.69, 9.17) is 0 Å². The van der Waals surface area contributed by atoms with Crippen molar-refractivity contribution in [2.24, 2.45) is 0 Å². The normalized spacial score (nSPS) is 12.2. The molecule has 6 heteroatoms. The van der Waals surface area contributed by atoms with Gasteiger partial charge >= 0.3 is 224 Å². The van der Waals surface area contributed by atoms with E-state index in [-0.39, 0.29) is 82.1 Å². The van der Waals surface area contributed by atoms with Crippen LogP contribution < -0.4 is 49.6 Å². The summed E-state index contributed by atoms with van der Waals surface area (Å²) in [5.41, 5.74) is 24.9. The Labute approximate surface area is 821 Å². The van der Waals surface area contributed by atoms with E-state index >= 15 is 0 Å². The zero-order valence-corrected chi connectivity index (χ0v) is 86.2. The Hall–Kier alpha value is -9.03. The molecule has 16 aromatic rings. The molecule has 0 N–H and O–H groups in total. The molecule has 16 aromatic carbocycles. The van der Waals surface area contributed by atoms with E-state index in [2.05, 4.69) is 464 Å². The molecule has 18 rings (SSSR count). The molecule has 0 aliphatic heterocycles. The van der Waals surface area contributed by atoms with Gasteiger partial charge in [0.15, 0.2) is 0 Å². The van der Waals surface area contributed by atoms with Crippen molar-refractivity contribution in [3.05, 3.63) is 420 Å². The molecule has 0 spiro atoms. The summed E-state index contributed by atoms with van der Waals surface area (Å²) in [6.45, 7) is 41.8. The summed E-state index contributed by atoms with van der Waals surface area (Å²) in [5, 5.41) is 15.9. The molecule has 654 valence electrons. The number of fused-ring (bicyclic) bond motifs is 8. The molecule has 2 aliphatic carbocycles. The molecule has 0 heterocycles. The predicted molar refractivity (Wildman–Crippen MR) is 537 cm³/mol. The Morgan fingerprint density at radius 3 is 0.812 bits per heavy atom. The van der Waals surface area contributed by atoms with Crippen molar-refractivity contribution in [3.63, 3.8) is 0 Å². The first-order valence-electron chi connectivity index (χ1n) is 44.5. The van der Waals surface area contributed by atoms with Gasteiger partial charge in [0.2, 0.25) is 0 Å². The zero-order valence-electron chi connectivity index (χ0n) is 78.2. The van der Waals surface area contributed by atoms with Gasteiger partial charge < -0.3 is 49.6 Å². The quantitative estimate of drug-likeness (QED) is 0.107. The summed E-state index contributed by atoms with van der Waals surface area (Å²) in [6.07, 6.45) is 24.5. The topological polar surface area (TPSA) is 0 Å². The first kappa shape index (κ1) is 103. The number of halogens is 4. The van der Waals surface area contributed by atoms with Gasteiger partial charge in [-0.05, 0) is 132 Å². The fourth-order valence-electron chi connectivity index (χ4n) is 17.0. The molecule has 0 saturated heterocycles. The van der Waals surface area contributed by atoms with Gasteiger partial charge in [-0.2, -0.15) is 12.2 Å². The van der Waals surface area contributed by atoms with Crippen molar-refractivity contribution >= 4 is 71.0 Å². The van der Waals surface area contributed by atoms with Gasteiger partial charge in [-0.25, -0.2) is 24.3 Å². The number of benzene rings is 14. The third-order valence-electron chi connectivity index (χ3n) is 23.7. The van der Waals surface area contributed by atoms with Crippen LogP contribution >= 0.6 is 0 Å². The molecule has 0 fully saturated rings. The first-order valence-corrected chi connectivity index (χ1v) is 46.9. The molecule has 2 aliphatic rings. The van der Waals surface area contributed by atoms with E-state index in [1.165, 1.54) is 165 Å². The van der Waals surface area contributed by atoms with Crippen molar-refractivity contribution in [2.75, 3.05) is 0 Å². The van der Waals surface area contributed by atoms with Gasteiger partial charge in [0.05, 0.1) is 0 Å². The molecule has 128 heavy (non-hydrogen) atoms. The van der Waals surface area contributed by atoms with Crippen LogP contribution in [0, 0.1) is 12.2 Å². The van der Waals surface area contributed by atoms with Crippen molar-refractivity contribution in [1.82, 2.24) is 0 Å². The Morgan fingerprint density at radius 1 is 0.281 bits per heavy atom. The van der Waals surface area contributed by atoms with Crippen LogP contribution in [0.25, 0.3) is 109 Å². The fraction of sp³-hybridized carbons (Fsp3) is 0.246. The monoisotopic (exact) mass is 1910 g/mol. The second-order valence-electron chi connectivity index (χ2n) is 39.8. The molecular weight excluding hydrogens is 1790 g/mol. The van der Waals surface area contributed by atoms with Crippen LogP contribution in [0.3, 0.4) is 0 Å². The van der Waals surface area contributed by atoms with Crippen LogP contribution in [0.4, 0.5) is 0 Å². The van der Waals surface area contributed by atoms with Gasteiger partial charge in [-0.1, -0.05) is 282 Å². The maximum atomic E-state index is 2.99. The van der Waals surface area contributed by atoms with Crippen molar-refractivity contribution in [1.29, 1.82) is 0 Å². The van der Waals surface area contributed by atoms with E-state index in [0.717, 1.165) is 38.5 Å². The van der Waals surface area contributed by atoms with E-state index in [9.17, 15) is 0 Å². The number of allylic oxidation sites excluding steroid dienone is 8. The molecule has 0 radical (unpaired) electrons. The van der Waals surface area contributed by atoms with Crippen molar-refractivity contribution < 1.29 is 98.1 Å². The maximum absolute atomic E-state index is 2.99. The average Bonchev–Trinajstić information content (AvgIpc) is 1.57. The van der Waals surface area contributed by atoms with Gasteiger partial charge in [-0.3, -0.25) is 12.2 Å². The molecule has 0 saturated carbocycles. The van der Waals surface area contributed by atoms with Gasteiger partial charge in [-0.15, -0.1) is 92.3 Å². The van der Waals surface area contributed by atoms with Crippen molar-refractivity contribution in [3.8, 4) is 44.5 Å². The third kappa shape index (κ3) is 26.6. The minimum atomic E-state index is -0.000185. The summed E-state index contributed by atoms with van der Waals surface area (Å²) in [7, 11) is 0. The van der Waals surface area contributed by atoms with Crippen LogP contribution in [-0.2, 0) is 107 Å². The summed E-state index contributed by atoms with van der Waals surface area (Å²) in [5.74, 6) is 0. The van der Waals surface area contributed by atoms with Crippen LogP contribution in [0.5, 0.6) is 0 Å². The SMILES string of the molecule is CC(C)(C)c1cc2c(cc1-c1cccc3ccccc13)[cH-]c1cc(-c3cccc4ccccc34)c(C(C)(C)C)cc12.CC(C)(C)c1ccc(-c2cc3[cH-]c4cc(-c5ccc(C(C)(C)C)cc5)c(C(C)(C)C)cc4c3cc2C(C)(C)C)cc1.[C-]1=CC=CC1.[C-]1=CC=CC1.[Cl-].[Cl-].[Cl-].[Cl-].[Zr+2]=[C](Cc1ccccc1)Cc1ccccc1.[Zr]=[C](Cc1ccccc1)Cc1ccccc1. The van der Waals surface area contributed by atoms with Crippen molar-refractivity contribution in [2.45, 2.75) is 196 Å². The van der Waals surface area contributed by atoms with Gasteiger partial charge in [0.25, 0.3) is 0 Å². The van der Waals surface area contributed by atoms with Crippen LogP contribution in [0.15, 0.2) is 352 Å². The van der Waals surface area contributed by atoms with Crippen LogP contribution in [-0.4, -0.2) is 6.41 Å². The predicted octanol–water partition coefficient (Wildman–Crippen LogP) is 21.2. The first-order chi connectivity index (χ1) is 59.1. The molecule has 0 unspecified atom stereocenters. The number of hydrogen-bond donors (Lipinski definition) is 0. The van der Waals surface area contributed by atoms with E-state index in [1.807, 2.05) is 24.3 Å². The summed E-state index contributed by atoms with van der Waals surface area (Å²) < 4.78 is 3.20. The Balaban J connectivity index is 0.000000196. The van der Waals surface area contributed by atoms with Crippen LogP contribution in [0.1, 0.15) is 193 Å². The molecule has 0 nitrogen and oxygen atoms in total.